The van der Waals surface area contributed by atoms with Gasteiger partial charge in [-0.25, -0.2) is 9.97 Å². The van der Waals surface area contributed by atoms with Gasteiger partial charge in [0.2, 0.25) is 5.91 Å². The van der Waals surface area contributed by atoms with E-state index in [2.05, 4.69) is 15.3 Å². The fourth-order valence-corrected chi connectivity index (χ4v) is 2.76. The molecule has 6 heteroatoms. The number of hydrogen-bond acceptors (Lipinski definition) is 5. The summed E-state index contributed by atoms with van der Waals surface area (Å²) in [4.78, 5) is 20.8. The highest BCUT2D eigenvalue weighted by atomic mass is 32.2. The predicted molar refractivity (Wildman–Crippen MR) is 73.5 cm³/mol. The molecule has 1 unspecified atom stereocenters. The fraction of sp³-hybridized carbons (Fsp3) is 0.154. The second-order valence-electron chi connectivity index (χ2n) is 4.32. The molecule has 3 N–H and O–H groups in total. The van der Waals surface area contributed by atoms with Crippen LogP contribution in [0.1, 0.15) is 18.4 Å². The number of nitrogens with one attached hydrogen (secondary N) is 1. The van der Waals surface area contributed by atoms with Gasteiger partial charge in [0.1, 0.15) is 5.03 Å². The topological polar surface area (TPSA) is 80.9 Å². The number of rotatable bonds is 2. The van der Waals surface area contributed by atoms with Crippen LogP contribution in [-0.4, -0.2) is 15.9 Å². The maximum absolute atomic E-state index is 11.2. The van der Waals surface area contributed by atoms with Gasteiger partial charge in [0.05, 0.1) is 11.6 Å². The van der Waals surface area contributed by atoms with Crippen molar-refractivity contribution < 1.29 is 4.79 Å². The van der Waals surface area contributed by atoms with Crippen molar-refractivity contribution in [1.29, 1.82) is 0 Å². The van der Waals surface area contributed by atoms with Gasteiger partial charge >= 0.3 is 0 Å². The van der Waals surface area contributed by atoms with Gasteiger partial charge in [-0.3, -0.25) is 4.79 Å². The Morgan fingerprint density at radius 1 is 1.37 bits per heavy atom. The van der Waals surface area contributed by atoms with E-state index in [-0.39, 0.29) is 11.8 Å². The zero-order chi connectivity index (χ0) is 13.4. The Bertz CT molecular complexity index is 659. The lowest BCUT2D eigenvalue weighted by Crippen LogP contribution is -2.19. The maximum atomic E-state index is 11.2. The number of carbonyl (C=O) groups excluding carboxylic acids is 1. The van der Waals surface area contributed by atoms with Crippen molar-refractivity contribution in [3.63, 3.8) is 0 Å². The largest absolute Gasteiger partial charge is 0.369 e. The standard InChI is InChI=1S/C13H12N4OS/c1-7(11(14)18)8-2-3-10-9(6-8)17-12-13(19-10)16-5-4-15-12/h2-7H,1H3,(H2,14,18)(H,15,17). The molecule has 0 bridgehead atoms. The van der Waals surface area contributed by atoms with Gasteiger partial charge in [-0.15, -0.1) is 0 Å². The van der Waals surface area contributed by atoms with Gasteiger partial charge in [0, 0.05) is 17.3 Å². The molecule has 3 rings (SSSR count). The lowest BCUT2D eigenvalue weighted by atomic mass is 10.00. The van der Waals surface area contributed by atoms with Crippen LogP contribution in [0.3, 0.4) is 0 Å². The van der Waals surface area contributed by atoms with E-state index in [9.17, 15) is 4.79 Å². The second kappa shape index (κ2) is 4.55. The van der Waals surface area contributed by atoms with E-state index in [1.54, 1.807) is 31.1 Å². The molecule has 0 saturated carbocycles. The third kappa shape index (κ3) is 2.15. The zero-order valence-corrected chi connectivity index (χ0v) is 11.1. The quantitative estimate of drug-likeness (QED) is 0.748. The molecule has 1 aromatic carbocycles. The van der Waals surface area contributed by atoms with Crippen LogP contribution in [0, 0.1) is 0 Å². The molecule has 5 nitrogen and oxygen atoms in total. The number of anilines is 2. The van der Waals surface area contributed by atoms with Gasteiger partial charge in [-0.05, 0) is 24.6 Å². The minimum Gasteiger partial charge on any atom is -0.369 e. The second-order valence-corrected chi connectivity index (χ2v) is 5.35. The predicted octanol–water partition coefficient (Wildman–Crippen LogP) is 2.27. The van der Waals surface area contributed by atoms with E-state index < -0.39 is 0 Å². The summed E-state index contributed by atoms with van der Waals surface area (Å²) in [6, 6.07) is 5.83. The minimum absolute atomic E-state index is 0.305. The van der Waals surface area contributed by atoms with Crippen molar-refractivity contribution in [1.82, 2.24) is 9.97 Å². The Morgan fingerprint density at radius 3 is 2.95 bits per heavy atom. The number of nitrogens with two attached hydrogens (primary N) is 1. The Kier molecular flexibility index (Phi) is 2.87. The van der Waals surface area contributed by atoms with Gasteiger partial charge < -0.3 is 11.1 Å². The molecule has 0 radical (unpaired) electrons. The van der Waals surface area contributed by atoms with E-state index in [1.165, 1.54) is 0 Å². The summed E-state index contributed by atoms with van der Waals surface area (Å²) >= 11 is 1.56. The van der Waals surface area contributed by atoms with Crippen LogP contribution in [0.25, 0.3) is 0 Å². The van der Waals surface area contributed by atoms with Crippen molar-refractivity contribution >= 4 is 29.2 Å². The summed E-state index contributed by atoms with van der Waals surface area (Å²) in [5, 5.41) is 4.08. The van der Waals surface area contributed by atoms with E-state index in [4.69, 9.17) is 5.73 Å². The first-order chi connectivity index (χ1) is 9.15. The molecule has 0 spiro atoms. The highest BCUT2D eigenvalue weighted by Gasteiger charge is 2.20. The molecule has 96 valence electrons. The van der Waals surface area contributed by atoms with Gasteiger partial charge in [0.15, 0.2) is 5.82 Å². The average molecular weight is 272 g/mol. The molecule has 1 amide bonds. The lowest BCUT2D eigenvalue weighted by Gasteiger charge is -2.20. The number of nitrogens with zero attached hydrogens (tertiary/aromatic N) is 2. The number of carbonyl (C=O) groups is 1. The molecule has 0 aliphatic carbocycles. The molecular weight excluding hydrogens is 260 g/mol. The number of benzene rings is 1. The zero-order valence-electron chi connectivity index (χ0n) is 10.3. The highest BCUT2D eigenvalue weighted by molar-refractivity contribution is 7.99. The molecule has 2 aromatic rings. The van der Waals surface area contributed by atoms with Crippen LogP contribution < -0.4 is 11.1 Å². The number of amides is 1. The Hall–Kier alpha value is -2.08. The average Bonchev–Trinajstić information content (AvgIpc) is 2.43. The van der Waals surface area contributed by atoms with E-state index in [0.717, 1.165) is 27.0 Å². The van der Waals surface area contributed by atoms with Crippen LogP contribution in [0.5, 0.6) is 0 Å². The molecule has 1 aromatic heterocycles. The van der Waals surface area contributed by atoms with Crippen molar-refractivity contribution in [3.8, 4) is 0 Å². The van der Waals surface area contributed by atoms with Crippen LogP contribution in [0.2, 0.25) is 0 Å². The van der Waals surface area contributed by atoms with Crippen molar-refractivity contribution in [3.05, 3.63) is 36.2 Å². The third-order valence-electron chi connectivity index (χ3n) is 3.05. The van der Waals surface area contributed by atoms with Gasteiger partial charge in [0.25, 0.3) is 0 Å². The van der Waals surface area contributed by atoms with Crippen molar-refractivity contribution in [2.24, 2.45) is 5.73 Å². The van der Waals surface area contributed by atoms with Gasteiger partial charge in [-0.1, -0.05) is 17.8 Å². The summed E-state index contributed by atoms with van der Waals surface area (Å²) < 4.78 is 0. The first-order valence-electron chi connectivity index (χ1n) is 5.84. The maximum Gasteiger partial charge on any atom is 0.224 e. The van der Waals surface area contributed by atoms with Crippen molar-refractivity contribution in [2.45, 2.75) is 22.8 Å². The van der Waals surface area contributed by atoms with E-state index in [1.807, 2.05) is 18.2 Å². The monoisotopic (exact) mass is 272 g/mol. The summed E-state index contributed by atoms with van der Waals surface area (Å²) in [6.07, 6.45) is 3.31. The molecule has 2 heterocycles. The lowest BCUT2D eigenvalue weighted by molar-refractivity contribution is -0.119. The Morgan fingerprint density at radius 2 is 2.16 bits per heavy atom. The smallest absolute Gasteiger partial charge is 0.224 e. The minimum atomic E-state index is -0.330. The van der Waals surface area contributed by atoms with Crippen LogP contribution in [-0.2, 0) is 4.79 Å². The number of aromatic nitrogens is 2. The molecule has 1 aliphatic heterocycles. The number of hydrogen-bond donors (Lipinski definition) is 2. The summed E-state index contributed by atoms with van der Waals surface area (Å²) in [7, 11) is 0. The SMILES string of the molecule is CC(C(N)=O)c1ccc2c(c1)Nc1nccnc1S2. The van der Waals surface area contributed by atoms with E-state index in [0.29, 0.717) is 0 Å². The Balaban J connectivity index is 1.98. The summed E-state index contributed by atoms with van der Waals surface area (Å²) in [5.74, 6) is 0.104. The van der Waals surface area contributed by atoms with E-state index >= 15 is 0 Å². The van der Waals surface area contributed by atoms with Crippen molar-refractivity contribution in [2.75, 3.05) is 5.32 Å². The molecule has 19 heavy (non-hydrogen) atoms. The summed E-state index contributed by atoms with van der Waals surface area (Å²) in [6.45, 7) is 1.80. The first kappa shape index (κ1) is 12.0. The third-order valence-corrected chi connectivity index (χ3v) is 4.12. The molecule has 0 saturated heterocycles. The fourth-order valence-electron chi connectivity index (χ4n) is 1.89. The molecular formula is C13H12N4OS. The number of primary amides is 1. The Labute approximate surface area is 114 Å². The van der Waals surface area contributed by atoms with Gasteiger partial charge in [-0.2, -0.15) is 0 Å². The molecule has 1 aliphatic rings. The molecule has 1 atom stereocenters. The number of fused-ring (bicyclic) bond motifs is 2. The normalized spacial score (nSPS) is 13.9. The van der Waals surface area contributed by atoms with Crippen LogP contribution >= 0.6 is 11.8 Å². The summed E-state index contributed by atoms with van der Waals surface area (Å²) in [5.41, 5.74) is 7.16. The highest BCUT2D eigenvalue weighted by Crippen LogP contribution is 2.42. The van der Waals surface area contributed by atoms with Crippen LogP contribution in [0.4, 0.5) is 11.5 Å². The molecule has 0 fully saturated rings. The first-order valence-corrected chi connectivity index (χ1v) is 6.66. The van der Waals surface area contributed by atoms with Crippen LogP contribution in [0.15, 0.2) is 40.5 Å².